The van der Waals surface area contributed by atoms with E-state index in [1.807, 2.05) is 42.9 Å². The number of rotatable bonds is 12. The molecular formula is C35H33ClFN7O4. The number of hydrogen-bond acceptors (Lipinski definition) is 8. The maximum Gasteiger partial charge on any atom is 0.320 e. The molecule has 0 bridgehead atoms. The van der Waals surface area contributed by atoms with Gasteiger partial charge in [-0.1, -0.05) is 29.5 Å². The van der Waals surface area contributed by atoms with Gasteiger partial charge in [-0.3, -0.25) is 9.69 Å². The average molecular weight is 670 g/mol. The number of ether oxygens (including phenoxy) is 2. The molecule has 2 atom stereocenters. The summed E-state index contributed by atoms with van der Waals surface area (Å²) in [5, 5.41) is 9.85. The van der Waals surface area contributed by atoms with Gasteiger partial charge in [0, 0.05) is 36.9 Å². The Balaban J connectivity index is 1.02. The Bertz CT molecular complexity index is 2030. The number of aromatic nitrogens is 6. The van der Waals surface area contributed by atoms with Crippen LogP contribution in [0.5, 0.6) is 11.6 Å². The molecule has 1 fully saturated rings. The summed E-state index contributed by atoms with van der Waals surface area (Å²) in [6, 6.07) is 13.5. The molecule has 4 aromatic heterocycles. The number of pyridine rings is 2. The van der Waals surface area contributed by atoms with E-state index in [1.165, 1.54) is 12.1 Å². The van der Waals surface area contributed by atoms with Crippen molar-refractivity contribution in [2.45, 2.75) is 58.0 Å². The van der Waals surface area contributed by atoms with E-state index < -0.39 is 23.6 Å². The van der Waals surface area contributed by atoms with Crippen LogP contribution in [-0.2, 0) is 31.0 Å². The quantitative estimate of drug-likeness (QED) is 0.176. The molecule has 0 spiro atoms. The number of imidazole rings is 2. The number of aliphatic carboxylic acids is 1. The van der Waals surface area contributed by atoms with Crippen molar-refractivity contribution < 1.29 is 23.8 Å². The molecule has 1 saturated heterocycles. The Morgan fingerprint density at radius 3 is 2.69 bits per heavy atom. The van der Waals surface area contributed by atoms with Crippen molar-refractivity contribution in [3.8, 4) is 23.5 Å². The van der Waals surface area contributed by atoms with Gasteiger partial charge in [-0.2, -0.15) is 0 Å². The highest BCUT2D eigenvalue weighted by atomic mass is 35.5. The van der Waals surface area contributed by atoms with Gasteiger partial charge in [0.25, 0.3) is 0 Å². The fourth-order valence-electron chi connectivity index (χ4n) is 6.05. The Morgan fingerprint density at radius 2 is 1.94 bits per heavy atom. The molecule has 2 unspecified atom stereocenters. The Kier molecular flexibility index (Phi) is 8.97. The van der Waals surface area contributed by atoms with Crippen molar-refractivity contribution in [2.24, 2.45) is 5.92 Å². The topological polar surface area (TPSA) is 120 Å². The van der Waals surface area contributed by atoms with Crippen LogP contribution in [0.25, 0.3) is 11.2 Å². The van der Waals surface area contributed by atoms with Crippen molar-refractivity contribution >= 4 is 28.7 Å². The largest absolute Gasteiger partial charge is 0.484 e. The Morgan fingerprint density at radius 1 is 1.08 bits per heavy atom. The molecule has 7 rings (SSSR count). The van der Waals surface area contributed by atoms with Gasteiger partial charge in [0.1, 0.15) is 30.0 Å². The third-order valence-corrected chi connectivity index (χ3v) is 8.94. The number of halogens is 2. The minimum Gasteiger partial charge on any atom is -0.484 e. The predicted molar refractivity (Wildman–Crippen MR) is 175 cm³/mol. The predicted octanol–water partition coefficient (Wildman–Crippen LogP) is 5.31. The number of carboxylic acid groups (broad SMARTS) is 1. The van der Waals surface area contributed by atoms with Crippen molar-refractivity contribution in [3.05, 3.63) is 94.8 Å². The van der Waals surface area contributed by atoms with Gasteiger partial charge >= 0.3 is 5.97 Å². The first-order chi connectivity index (χ1) is 23.3. The van der Waals surface area contributed by atoms with E-state index in [9.17, 15) is 14.3 Å². The number of carbonyl (C=O) groups is 1. The number of carboxylic acids is 1. The molecule has 48 heavy (non-hydrogen) atoms. The first-order valence-corrected chi connectivity index (χ1v) is 16.2. The molecule has 0 radical (unpaired) electrons. The summed E-state index contributed by atoms with van der Waals surface area (Å²) in [7, 11) is 0. The molecule has 2 aliphatic rings. The monoisotopic (exact) mass is 669 g/mol. The second-order valence-electron chi connectivity index (χ2n) is 11.9. The first kappa shape index (κ1) is 31.6. The molecule has 5 aromatic rings. The zero-order valence-electron chi connectivity index (χ0n) is 26.2. The Hall–Kier alpha value is -4.99. The smallest absolute Gasteiger partial charge is 0.320 e. The van der Waals surface area contributed by atoms with Gasteiger partial charge in [-0.25, -0.2) is 24.3 Å². The molecule has 1 aromatic carbocycles. The number of hydrogen-bond donors (Lipinski definition) is 1. The molecule has 11 nitrogen and oxygen atoms in total. The molecule has 13 heteroatoms. The van der Waals surface area contributed by atoms with Crippen molar-refractivity contribution in [1.82, 2.24) is 34.0 Å². The Labute approximate surface area is 281 Å². The lowest BCUT2D eigenvalue weighted by atomic mass is 9.83. The third-order valence-electron chi connectivity index (χ3n) is 8.70. The van der Waals surface area contributed by atoms with Gasteiger partial charge in [-0.05, 0) is 56.2 Å². The highest BCUT2D eigenvalue weighted by molar-refractivity contribution is 6.30. The van der Waals surface area contributed by atoms with Crippen LogP contribution in [-0.4, -0.2) is 64.2 Å². The lowest BCUT2D eigenvalue weighted by Crippen LogP contribution is -2.38. The van der Waals surface area contributed by atoms with Crippen molar-refractivity contribution in [3.63, 3.8) is 0 Å². The molecule has 0 amide bonds. The van der Waals surface area contributed by atoms with E-state index in [0.717, 1.165) is 49.5 Å². The van der Waals surface area contributed by atoms with E-state index >= 15 is 0 Å². The number of nitrogens with zero attached hydrogens (tertiary/aromatic N) is 7. The van der Waals surface area contributed by atoms with E-state index in [-0.39, 0.29) is 18.5 Å². The lowest BCUT2D eigenvalue weighted by molar-refractivity contribution is -0.140. The highest BCUT2D eigenvalue weighted by Gasteiger charge is 2.34. The fourth-order valence-corrected chi connectivity index (χ4v) is 6.21. The van der Waals surface area contributed by atoms with Crippen LogP contribution in [0.4, 0.5) is 4.39 Å². The van der Waals surface area contributed by atoms with Crippen LogP contribution in [0.3, 0.4) is 0 Å². The summed E-state index contributed by atoms with van der Waals surface area (Å²) >= 11 is 5.83. The summed E-state index contributed by atoms with van der Waals surface area (Å²) in [6.45, 7) is 5.71. The normalized spacial score (nSPS) is 17.9. The van der Waals surface area contributed by atoms with E-state index in [4.69, 9.17) is 31.0 Å². The van der Waals surface area contributed by atoms with E-state index in [2.05, 4.69) is 42.8 Å². The fraction of sp³-hybridized carbons (Fsp3) is 0.343. The van der Waals surface area contributed by atoms with Crippen LogP contribution in [0.15, 0.2) is 61.1 Å². The summed E-state index contributed by atoms with van der Waals surface area (Å²) in [5.41, 5.74) is 3.76. The molecular weight excluding hydrogens is 637 g/mol. The minimum absolute atomic E-state index is 0.00802. The number of piperidine rings is 1. The second-order valence-corrected chi connectivity index (χ2v) is 12.3. The van der Waals surface area contributed by atoms with Crippen LogP contribution >= 0.6 is 11.6 Å². The minimum atomic E-state index is -0.933. The van der Waals surface area contributed by atoms with Gasteiger partial charge < -0.3 is 23.7 Å². The summed E-state index contributed by atoms with van der Waals surface area (Å²) in [4.78, 5) is 32.8. The van der Waals surface area contributed by atoms with Gasteiger partial charge in [-0.15, -0.1) is 0 Å². The SMILES string of the molecule is CCn1cncc1Cn1c(CN2CCC(Oc3cccc(COc4ccc(Cl)cc4F)n3)CC2)nc2ccc(C3C#CC3C(=O)O)nc21. The standard InChI is InChI=1S/C35H33ClFN7O4/c1-2-43-21-38-17-24(43)18-44-32(40-30-10-9-29(41-34(30)44)26-7-8-27(26)35(45)46)19-42-14-12-25(13-15-42)48-33-5-3-4-23(39-33)20-47-31-11-6-22(36)16-28(31)37/h3-6,9-11,16-17,21,25-27H,2,12-15,18-20H2,1H3,(H,45,46). The summed E-state index contributed by atoms with van der Waals surface area (Å²) < 4.78 is 30.2. The van der Waals surface area contributed by atoms with Crippen molar-refractivity contribution in [2.75, 3.05) is 13.1 Å². The summed E-state index contributed by atoms with van der Waals surface area (Å²) in [5.74, 6) is 4.55. The molecule has 1 aliphatic heterocycles. The maximum absolute atomic E-state index is 14.1. The highest BCUT2D eigenvalue weighted by Crippen LogP contribution is 2.31. The van der Waals surface area contributed by atoms with E-state index in [1.54, 1.807) is 6.07 Å². The lowest BCUT2D eigenvalue weighted by Gasteiger charge is -2.31. The van der Waals surface area contributed by atoms with Gasteiger partial charge in [0.15, 0.2) is 17.2 Å². The number of likely N-dealkylation sites (tertiary alicyclic amines) is 1. The number of benzene rings is 1. The van der Waals surface area contributed by atoms with Gasteiger partial charge in [0.05, 0.1) is 42.4 Å². The molecule has 1 N–H and O–H groups in total. The molecule has 0 saturated carbocycles. The zero-order chi connectivity index (χ0) is 33.2. The van der Waals surface area contributed by atoms with Crippen LogP contribution in [0.2, 0.25) is 5.02 Å². The average Bonchev–Trinajstić information content (AvgIpc) is 3.65. The zero-order valence-corrected chi connectivity index (χ0v) is 27.0. The third kappa shape index (κ3) is 6.70. The number of fused-ring (bicyclic) bond motifs is 1. The number of aryl methyl sites for hydroxylation is 1. The van der Waals surface area contributed by atoms with Crippen LogP contribution in [0, 0.1) is 23.6 Å². The summed E-state index contributed by atoms with van der Waals surface area (Å²) in [6.07, 6.45) is 5.28. The van der Waals surface area contributed by atoms with Crippen molar-refractivity contribution in [1.29, 1.82) is 0 Å². The second kappa shape index (κ2) is 13.6. The molecule has 246 valence electrons. The van der Waals surface area contributed by atoms with Crippen LogP contribution < -0.4 is 9.47 Å². The molecule has 5 heterocycles. The van der Waals surface area contributed by atoms with Gasteiger partial charge in [0.2, 0.25) is 5.88 Å². The molecule has 1 aliphatic carbocycles. The maximum atomic E-state index is 14.1. The van der Waals surface area contributed by atoms with Crippen LogP contribution in [0.1, 0.15) is 48.6 Å². The first-order valence-electron chi connectivity index (χ1n) is 15.9. The van der Waals surface area contributed by atoms with E-state index in [0.29, 0.717) is 41.0 Å².